The lowest BCUT2D eigenvalue weighted by Gasteiger charge is -2.31. The van der Waals surface area contributed by atoms with E-state index in [1.807, 2.05) is 59.1 Å². The molecule has 39 heavy (non-hydrogen) atoms. The van der Waals surface area contributed by atoms with Gasteiger partial charge in [-0.3, -0.25) is 4.79 Å². The van der Waals surface area contributed by atoms with E-state index in [2.05, 4.69) is 54.1 Å². The SMILES string of the molecule is CCOC(=O)CCNC(=O)N1Cc2c(C)nn(-c3ccccc3)c2-n2cccc2C1c1ccc(C(C)C)cc1. The molecule has 3 heterocycles. The Morgan fingerprint density at radius 3 is 2.49 bits per heavy atom. The molecule has 2 aromatic carbocycles. The molecule has 0 bridgehead atoms. The summed E-state index contributed by atoms with van der Waals surface area (Å²) in [4.78, 5) is 27.6. The molecule has 0 aliphatic carbocycles. The zero-order valence-electron chi connectivity index (χ0n) is 22.9. The zero-order valence-corrected chi connectivity index (χ0v) is 22.9. The molecule has 2 aromatic heterocycles. The van der Waals surface area contributed by atoms with Crippen LogP contribution in [-0.2, 0) is 16.1 Å². The molecule has 0 saturated heterocycles. The molecule has 0 spiro atoms. The van der Waals surface area contributed by atoms with Crippen molar-refractivity contribution in [3.63, 3.8) is 0 Å². The first kappa shape index (κ1) is 26.3. The number of benzene rings is 2. The average Bonchev–Trinajstić information content (AvgIpc) is 3.49. The molecule has 8 heteroatoms. The third-order valence-electron chi connectivity index (χ3n) is 7.18. The van der Waals surface area contributed by atoms with Crippen molar-refractivity contribution in [2.24, 2.45) is 0 Å². The van der Waals surface area contributed by atoms with Gasteiger partial charge in [-0.25, -0.2) is 9.48 Å². The number of aryl methyl sites for hydroxylation is 1. The van der Waals surface area contributed by atoms with Crippen LogP contribution >= 0.6 is 0 Å². The Kier molecular flexibility index (Phi) is 7.54. The highest BCUT2D eigenvalue weighted by molar-refractivity contribution is 5.77. The van der Waals surface area contributed by atoms with E-state index in [4.69, 9.17) is 9.84 Å². The monoisotopic (exact) mass is 525 g/mol. The lowest BCUT2D eigenvalue weighted by Crippen LogP contribution is -2.42. The molecule has 1 N–H and O–H groups in total. The predicted octanol–water partition coefficient (Wildman–Crippen LogP) is 5.66. The number of fused-ring (bicyclic) bond motifs is 3. The molecule has 4 aromatic rings. The topological polar surface area (TPSA) is 81.4 Å². The van der Waals surface area contributed by atoms with Crippen LogP contribution in [0.2, 0.25) is 0 Å². The van der Waals surface area contributed by atoms with Gasteiger partial charge in [-0.05, 0) is 55.2 Å². The molecule has 2 amide bonds. The van der Waals surface area contributed by atoms with E-state index in [1.54, 1.807) is 6.92 Å². The van der Waals surface area contributed by atoms with Gasteiger partial charge in [0, 0.05) is 18.3 Å². The Morgan fingerprint density at radius 2 is 1.79 bits per heavy atom. The summed E-state index contributed by atoms with van der Waals surface area (Å²) in [7, 11) is 0. The number of carbonyl (C=O) groups excluding carboxylic acids is 2. The smallest absolute Gasteiger partial charge is 0.318 e. The summed E-state index contributed by atoms with van der Waals surface area (Å²) >= 11 is 0. The van der Waals surface area contributed by atoms with E-state index in [1.165, 1.54) is 5.56 Å². The molecule has 1 atom stereocenters. The quantitative estimate of drug-likeness (QED) is 0.316. The van der Waals surface area contributed by atoms with Crippen LogP contribution in [0.3, 0.4) is 0 Å². The minimum absolute atomic E-state index is 0.119. The van der Waals surface area contributed by atoms with Crippen molar-refractivity contribution in [1.82, 2.24) is 24.6 Å². The summed E-state index contributed by atoms with van der Waals surface area (Å²) in [5.41, 5.74) is 6.00. The second kappa shape index (κ2) is 11.2. The Morgan fingerprint density at radius 1 is 1.05 bits per heavy atom. The van der Waals surface area contributed by atoms with Crippen molar-refractivity contribution in [3.05, 3.63) is 101 Å². The maximum Gasteiger partial charge on any atom is 0.318 e. The van der Waals surface area contributed by atoms with Crippen LogP contribution in [0.25, 0.3) is 11.5 Å². The third-order valence-corrected chi connectivity index (χ3v) is 7.18. The van der Waals surface area contributed by atoms with E-state index in [9.17, 15) is 9.59 Å². The van der Waals surface area contributed by atoms with Crippen molar-refractivity contribution in [2.75, 3.05) is 13.2 Å². The number of hydrogen-bond acceptors (Lipinski definition) is 4. The van der Waals surface area contributed by atoms with E-state index >= 15 is 0 Å². The van der Waals surface area contributed by atoms with E-state index < -0.39 is 0 Å². The van der Waals surface area contributed by atoms with E-state index in [-0.39, 0.29) is 31.0 Å². The summed E-state index contributed by atoms with van der Waals surface area (Å²) in [5, 5.41) is 7.85. The lowest BCUT2D eigenvalue weighted by atomic mass is 9.97. The van der Waals surface area contributed by atoms with Crippen molar-refractivity contribution in [1.29, 1.82) is 0 Å². The lowest BCUT2D eigenvalue weighted by molar-refractivity contribution is -0.142. The molecular weight excluding hydrogens is 490 g/mol. The third kappa shape index (κ3) is 5.19. The highest BCUT2D eigenvalue weighted by Gasteiger charge is 2.36. The second-order valence-electron chi connectivity index (χ2n) is 10.1. The molecule has 1 aliphatic heterocycles. The maximum absolute atomic E-state index is 13.8. The number of para-hydroxylation sites is 1. The number of ether oxygens (including phenoxy) is 1. The molecule has 0 radical (unpaired) electrons. The Bertz CT molecular complexity index is 1450. The summed E-state index contributed by atoms with van der Waals surface area (Å²) in [6.07, 6.45) is 2.15. The molecule has 1 aliphatic rings. The average molecular weight is 526 g/mol. The van der Waals surface area contributed by atoms with Crippen molar-refractivity contribution < 1.29 is 14.3 Å². The minimum atomic E-state index is -0.347. The highest BCUT2D eigenvalue weighted by atomic mass is 16.5. The first-order chi connectivity index (χ1) is 18.9. The highest BCUT2D eigenvalue weighted by Crippen LogP contribution is 2.38. The van der Waals surface area contributed by atoms with Gasteiger partial charge in [0.25, 0.3) is 0 Å². The standard InChI is InChI=1S/C31H35N5O3/c1-5-39-28(37)17-18-32-31(38)35-20-26-22(4)33-36(25-10-7-6-8-11-25)30(26)34-19-9-12-27(34)29(35)24-15-13-23(14-16-24)21(2)3/h6-16,19,21,29H,5,17-18,20H2,1-4H3,(H,32,38). The number of aromatic nitrogens is 3. The summed E-state index contributed by atoms with van der Waals surface area (Å²) < 4.78 is 9.14. The molecule has 5 rings (SSSR count). The largest absolute Gasteiger partial charge is 0.466 e. The fourth-order valence-corrected chi connectivity index (χ4v) is 5.17. The Hall–Kier alpha value is -4.33. The molecule has 202 valence electrons. The van der Waals surface area contributed by atoms with E-state index in [0.717, 1.165) is 34.0 Å². The van der Waals surface area contributed by atoms with Gasteiger partial charge in [0.15, 0.2) is 0 Å². The molecule has 0 fully saturated rings. The van der Waals surface area contributed by atoms with E-state index in [0.29, 0.717) is 19.1 Å². The van der Waals surface area contributed by atoms with Gasteiger partial charge in [0.2, 0.25) is 0 Å². The molecule has 1 unspecified atom stereocenters. The normalized spacial score (nSPS) is 14.5. The van der Waals surface area contributed by atoms with Crippen molar-refractivity contribution in [3.8, 4) is 11.5 Å². The first-order valence-corrected chi connectivity index (χ1v) is 13.5. The zero-order chi connectivity index (χ0) is 27.5. The van der Waals surface area contributed by atoms with Gasteiger partial charge in [-0.15, -0.1) is 0 Å². The number of amides is 2. The number of rotatable bonds is 7. The number of nitrogens with zero attached hydrogens (tertiary/aromatic N) is 4. The summed E-state index contributed by atoms with van der Waals surface area (Å²) in [5.74, 6) is 0.998. The number of carbonyl (C=O) groups is 2. The van der Waals surface area contributed by atoms with Gasteiger partial charge in [-0.1, -0.05) is 56.3 Å². The second-order valence-corrected chi connectivity index (χ2v) is 10.1. The fraction of sp³-hybridized carbons (Fsp3) is 0.323. The van der Waals surface area contributed by atoms with Crippen molar-refractivity contribution in [2.45, 2.75) is 52.6 Å². The first-order valence-electron chi connectivity index (χ1n) is 13.5. The minimum Gasteiger partial charge on any atom is -0.466 e. The van der Waals surface area contributed by atoms with Crippen LogP contribution in [0.1, 0.15) is 67.2 Å². The summed E-state index contributed by atoms with van der Waals surface area (Å²) in [6.45, 7) is 8.97. The van der Waals surface area contributed by atoms with Gasteiger partial charge in [-0.2, -0.15) is 5.10 Å². The van der Waals surface area contributed by atoms with Crippen LogP contribution < -0.4 is 5.32 Å². The molecular formula is C31H35N5O3. The number of hydrogen-bond donors (Lipinski definition) is 1. The van der Waals surface area contributed by atoms with Gasteiger partial charge >= 0.3 is 12.0 Å². The molecule has 8 nitrogen and oxygen atoms in total. The fourth-order valence-electron chi connectivity index (χ4n) is 5.17. The van der Waals surface area contributed by atoms with Gasteiger partial charge in [0.1, 0.15) is 5.82 Å². The van der Waals surface area contributed by atoms with Gasteiger partial charge < -0.3 is 19.5 Å². The maximum atomic E-state index is 13.8. The van der Waals surface area contributed by atoms with Crippen LogP contribution in [0, 0.1) is 6.92 Å². The predicted molar refractivity (Wildman–Crippen MR) is 150 cm³/mol. The van der Waals surface area contributed by atoms with Crippen molar-refractivity contribution >= 4 is 12.0 Å². The number of urea groups is 1. The number of esters is 1. The number of nitrogens with one attached hydrogen (secondary N) is 1. The van der Waals surface area contributed by atoms with Crippen LogP contribution in [-0.4, -0.2) is 44.4 Å². The molecule has 0 saturated carbocycles. The van der Waals surface area contributed by atoms with Gasteiger partial charge in [0.05, 0.1) is 42.7 Å². The summed E-state index contributed by atoms with van der Waals surface area (Å²) in [6, 6.07) is 22.0. The van der Waals surface area contributed by atoms with Crippen LogP contribution in [0.15, 0.2) is 72.9 Å². The van der Waals surface area contributed by atoms with Crippen LogP contribution in [0.5, 0.6) is 0 Å². The van der Waals surface area contributed by atoms with Crippen LogP contribution in [0.4, 0.5) is 4.79 Å². The Balaban J connectivity index is 1.60. The Labute approximate surface area is 229 Å².